The predicted octanol–water partition coefficient (Wildman–Crippen LogP) is 5.01. The van der Waals surface area contributed by atoms with E-state index in [2.05, 4.69) is 66.2 Å². The number of hydrazone groups is 1. The molecule has 27 heavy (non-hydrogen) atoms. The van der Waals surface area contributed by atoms with E-state index in [4.69, 9.17) is 0 Å². The van der Waals surface area contributed by atoms with Crippen LogP contribution in [0.25, 0.3) is 5.69 Å². The minimum absolute atomic E-state index is 0.0580. The molecule has 0 aliphatic carbocycles. The van der Waals surface area contributed by atoms with Crippen molar-refractivity contribution < 1.29 is 4.92 Å². The van der Waals surface area contributed by atoms with E-state index in [1.165, 1.54) is 23.4 Å². The summed E-state index contributed by atoms with van der Waals surface area (Å²) in [4.78, 5) is 10.3. The molecule has 0 spiro atoms. The number of aryl methyl sites for hydroxylation is 2. The first kappa shape index (κ1) is 18.4. The lowest BCUT2D eigenvalue weighted by Gasteiger charge is -2.13. The van der Waals surface area contributed by atoms with E-state index >= 15 is 0 Å². The van der Waals surface area contributed by atoms with Crippen LogP contribution < -0.4 is 5.43 Å². The maximum Gasteiger partial charge on any atom is 0.269 e. The van der Waals surface area contributed by atoms with Gasteiger partial charge in [0, 0.05) is 34.8 Å². The second-order valence-electron chi connectivity index (χ2n) is 6.32. The molecule has 3 aromatic rings. The normalized spacial score (nSPS) is 11.1. The molecule has 1 aromatic heterocycles. The highest BCUT2D eigenvalue weighted by molar-refractivity contribution is 5.82. The van der Waals surface area contributed by atoms with Crippen molar-refractivity contribution in [2.24, 2.45) is 5.10 Å². The van der Waals surface area contributed by atoms with Crippen molar-refractivity contribution in [3.05, 3.63) is 87.2 Å². The van der Waals surface area contributed by atoms with Crippen LogP contribution in [0.1, 0.15) is 29.4 Å². The average Bonchev–Trinajstić information content (AvgIpc) is 2.95. The Hall–Kier alpha value is -3.41. The third-order valence-corrected chi connectivity index (χ3v) is 4.56. The number of anilines is 1. The number of para-hydroxylation sites is 1. The number of benzene rings is 2. The molecule has 0 unspecified atom stereocenters. The summed E-state index contributed by atoms with van der Waals surface area (Å²) in [6.07, 6.45) is 2.74. The fourth-order valence-electron chi connectivity index (χ4n) is 3.15. The number of non-ortho nitro benzene ring substituents is 1. The zero-order valence-electron chi connectivity index (χ0n) is 15.6. The van der Waals surface area contributed by atoms with Gasteiger partial charge in [-0.1, -0.05) is 25.1 Å². The van der Waals surface area contributed by atoms with Crippen LogP contribution in [0.3, 0.4) is 0 Å². The van der Waals surface area contributed by atoms with E-state index in [-0.39, 0.29) is 5.69 Å². The van der Waals surface area contributed by atoms with Crippen molar-refractivity contribution in [2.45, 2.75) is 27.2 Å². The summed E-state index contributed by atoms with van der Waals surface area (Å²) in [5.41, 5.74) is 9.44. The van der Waals surface area contributed by atoms with Crippen molar-refractivity contribution >= 4 is 17.6 Å². The van der Waals surface area contributed by atoms with Crippen LogP contribution in [0.2, 0.25) is 0 Å². The number of nitro benzene ring substituents is 1. The molecule has 1 N–H and O–H groups in total. The second kappa shape index (κ2) is 7.86. The van der Waals surface area contributed by atoms with E-state index in [1.807, 2.05) is 0 Å². The minimum Gasteiger partial charge on any atom is -0.318 e. The summed E-state index contributed by atoms with van der Waals surface area (Å²) in [6, 6.07) is 16.7. The molecule has 0 amide bonds. The maximum atomic E-state index is 10.7. The van der Waals surface area contributed by atoms with Gasteiger partial charge in [0.1, 0.15) is 0 Å². The van der Waals surface area contributed by atoms with Gasteiger partial charge in [-0.2, -0.15) is 5.10 Å². The highest BCUT2D eigenvalue weighted by Crippen LogP contribution is 2.23. The van der Waals surface area contributed by atoms with Gasteiger partial charge in [0.2, 0.25) is 0 Å². The van der Waals surface area contributed by atoms with Gasteiger partial charge in [-0.05, 0) is 50.1 Å². The minimum atomic E-state index is -0.421. The molecule has 0 aliphatic rings. The number of rotatable bonds is 6. The summed E-state index contributed by atoms with van der Waals surface area (Å²) < 4.78 is 2.24. The maximum absolute atomic E-state index is 10.7. The van der Waals surface area contributed by atoms with Crippen LogP contribution in [0, 0.1) is 24.0 Å². The Kier molecular flexibility index (Phi) is 5.35. The predicted molar refractivity (Wildman–Crippen MR) is 109 cm³/mol. The second-order valence-corrected chi connectivity index (χ2v) is 6.32. The summed E-state index contributed by atoms with van der Waals surface area (Å²) >= 11 is 0. The van der Waals surface area contributed by atoms with Crippen LogP contribution in [0.4, 0.5) is 11.4 Å². The Morgan fingerprint density at radius 1 is 1.15 bits per heavy atom. The van der Waals surface area contributed by atoms with Gasteiger partial charge < -0.3 is 4.57 Å². The Balaban J connectivity index is 1.82. The van der Waals surface area contributed by atoms with Crippen LogP contribution in [-0.2, 0) is 6.42 Å². The summed E-state index contributed by atoms with van der Waals surface area (Å²) in [5, 5.41) is 15.0. The molecule has 0 atom stereocenters. The van der Waals surface area contributed by atoms with Gasteiger partial charge >= 0.3 is 0 Å². The quantitative estimate of drug-likeness (QED) is 0.380. The monoisotopic (exact) mass is 362 g/mol. The molecule has 0 radical (unpaired) electrons. The van der Waals surface area contributed by atoms with Crippen molar-refractivity contribution in [1.29, 1.82) is 0 Å². The molecule has 1 heterocycles. The number of hydrogen-bond acceptors (Lipinski definition) is 4. The first-order valence-electron chi connectivity index (χ1n) is 8.82. The molecule has 138 valence electrons. The Bertz CT molecular complexity index is 988. The van der Waals surface area contributed by atoms with Crippen molar-refractivity contribution in [2.75, 3.05) is 5.43 Å². The molecule has 3 rings (SSSR count). The van der Waals surface area contributed by atoms with Gasteiger partial charge in [0.25, 0.3) is 5.69 Å². The largest absolute Gasteiger partial charge is 0.318 e. The van der Waals surface area contributed by atoms with E-state index in [0.29, 0.717) is 5.69 Å². The Morgan fingerprint density at radius 2 is 1.85 bits per heavy atom. The number of aromatic nitrogens is 1. The molecule has 0 saturated carbocycles. The van der Waals surface area contributed by atoms with Gasteiger partial charge in [-0.15, -0.1) is 0 Å². The zero-order chi connectivity index (χ0) is 19.4. The van der Waals surface area contributed by atoms with Crippen LogP contribution in [0.5, 0.6) is 0 Å². The lowest BCUT2D eigenvalue weighted by molar-refractivity contribution is -0.384. The standard InChI is InChI=1S/C21H22N4O2/c1-4-17-7-5-6-8-21(17)24-15(2)13-18(16(24)3)14-22-23-19-9-11-20(12-10-19)25(26)27/h5-14,23H,4H2,1-3H3/b22-14+. The average molecular weight is 362 g/mol. The molecule has 6 heteroatoms. The van der Waals surface area contributed by atoms with Gasteiger partial charge in [-0.3, -0.25) is 15.5 Å². The molecule has 0 aliphatic heterocycles. The molecular weight excluding hydrogens is 340 g/mol. The van der Waals surface area contributed by atoms with Crippen LogP contribution in [0.15, 0.2) is 59.7 Å². The summed E-state index contributed by atoms with van der Waals surface area (Å²) in [5.74, 6) is 0. The van der Waals surface area contributed by atoms with Gasteiger partial charge in [0.15, 0.2) is 0 Å². The molecule has 0 bridgehead atoms. The smallest absolute Gasteiger partial charge is 0.269 e. The van der Waals surface area contributed by atoms with Gasteiger partial charge in [0.05, 0.1) is 16.8 Å². The van der Waals surface area contributed by atoms with Crippen molar-refractivity contribution in [1.82, 2.24) is 4.57 Å². The highest BCUT2D eigenvalue weighted by atomic mass is 16.6. The fourth-order valence-corrected chi connectivity index (χ4v) is 3.15. The number of nitrogens with zero attached hydrogens (tertiary/aromatic N) is 3. The van der Waals surface area contributed by atoms with Crippen LogP contribution in [-0.4, -0.2) is 15.7 Å². The molecule has 6 nitrogen and oxygen atoms in total. The van der Waals surface area contributed by atoms with Crippen molar-refractivity contribution in [3.8, 4) is 5.69 Å². The number of nitrogens with one attached hydrogen (secondary N) is 1. The first-order chi connectivity index (χ1) is 13.0. The van der Waals surface area contributed by atoms with E-state index < -0.39 is 4.92 Å². The lowest BCUT2D eigenvalue weighted by Crippen LogP contribution is -2.03. The molecule has 0 fully saturated rings. The summed E-state index contributed by atoms with van der Waals surface area (Å²) in [6.45, 7) is 6.32. The van der Waals surface area contributed by atoms with E-state index in [0.717, 1.165) is 23.4 Å². The zero-order valence-corrected chi connectivity index (χ0v) is 15.6. The topological polar surface area (TPSA) is 72.5 Å². The molecule has 2 aromatic carbocycles. The number of nitro groups is 1. The van der Waals surface area contributed by atoms with Gasteiger partial charge in [-0.25, -0.2) is 0 Å². The van der Waals surface area contributed by atoms with E-state index in [1.54, 1.807) is 18.3 Å². The first-order valence-corrected chi connectivity index (χ1v) is 8.82. The third kappa shape index (κ3) is 3.89. The van der Waals surface area contributed by atoms with E-state index in [9.17, 15) is 10.1 Å². The molecule has 0 saturated heterocycles. The summed E-state index contributed by atoms with van der Waals surface area (Å²) in [7, 11) is 0. The Labute approximate surface area is 158 Å². The third-order valence-electron chi connectivity index (χ3n) is 4.56. The fraction of sp³-hybridized carbons (Fsp3) is 0.190. The highest BCUT2D eigenvalue weighted by Gasteiger charge is 2.11. The van der Waals surface area contributed by atoms with Crippen LogP contribution >= 0.6 is 0 Å². The van der Waals surface area contributed by atoms with Crippen molar-refractivity contribution in [3.63, 3.8) is 0 Å². The SMILES string of the molecule is CCc1ccccc1-n1c(C)cc(/C=N/Nc2ccc([N+](=O)[O-])cc2)c1C. The molecular formula is C21H22N4O2. The lowest BCUT2D eigenvalue weighted by atomic mass is 10.1. The number of hydrogen-bond donors (Lipinski definition) is 1. The Morgan fingerprint density at radius 3 is 2.52 bits per heavy atom.